The summed E-state index contributed by atoms with van der Waals surface area (Å²) in [7, 11) is 0. The van der Waals surface area contributed by atoms with Crippen molar-refractivity contribution >= 4 is 5.91 Å². The van der Waals surface area contributed by atoms with Gasteiger partial charge in [0.05, 0.1) is 0 Å². The minimum Gasteiger partial charge on any atom is -0.353 e. The van der Waals surface area contributed by atoms with Gasteiger partial charge in [-0.25, -0.2) is 0 Å². The molecule has 2 atom stereocenters. The van der Waals surface area contributed by atoms with Gasteiger partial charge in [-0.05, 0) is 18.8 Å². The number of hydrogen-bond acceptors (Lipinski definition) is 2. The highest BCUT2D eigenvalue weighted by molar-refractivity contribution is 5.76. The van der Waals surface area contributed by atoms with E-state index in [9.17, 15) is 4.79 Å². The Morgan fingerprint density at radius 1 is 1.28 bits per heavy atom. The molecule has 3 nitrogen and oxygen atoms in total. The second-order valence-electron chi connectivity index (χ2n) is 6.83. The topological polar surface area (TPSA) is 55.1 Å². The monoisotopic (exact) mass is 252 g/mol. The molecule has 0 aromatic carbocycles. The first kappa shape index (κ1) is 13.9. The second-order valence-corrected chi connectivity index (χ2v) is 6.83. The molecule has 104 valence electrons. The molecule has 2 aliphatic rings. The summed E-state index contributed by atoms with van der Waals surface area (Å²) in [6.07, 6.45) is 9.46. The highest BCUT2D eigenvalue weighted by Crippen LogP contribution is 2.39. The van der Waals surface area contributed by atoms with Gasteiger partial charge < -0.3 is 11.1 Å². The summed E-state index contributed by atoms with van der Waals surface area (Å²) in [4.78, 5) is 11.9. The Balaban J connectivity index is 1.66. The zero-order valence-electron chi connectivity index (χ0n) is 11.9. The molecule has 2 rings (SSSR count). The molecule has 18 heavy (non-hydrogen) atoms. The van der Waals surface area contributed by atoms with Crippen molar-refractivity contribution in [1.29, 1.82) is 0 Å². The van der Waals surface area contributed by atoms with Crippen LogP contribution in [0.4, 0.5) is 0 Å². The van der Waals surface area contributed by atoms with Crippen molar-refractivity contribution < 1.29 is 4.79 Å². The van der Waals surface area contributed by atoms with Gasteiger partial charge in [-0.1, -0.05) is 46.0 Å². The van der Waals surface area contributed by atoms with Crippen LogP contribution in [0.5, 0.6) is 0 Å². The molecule has 0 bridgehead atoms. The number of carbonyl (C=O) groups excluding carboxylic acids is 1. The molecule has 2 aliphatic carbocycles. The summed E-state index contributed by atoms with van der Waals surface area (Å²) in [5.74, 6) is 1.02. The minimum absolute atomic E-state index is 0.0699. The molecule has 2 unspecified atom stereocenters. The van der Waals surface area contributed by atoms with Crippen LogP contribution >= 0.6 is 0 Å². The van der Waals surface area contributed by atoms with E-state index in [-0.39, 0.29) is 23.4 Å². The SMILES string of the molecule is CC1(C)C(N)CC1NC(=O)CCC1CCCCC1. The third kappa shape index (κ3) is 3.05. The van der Waals surface area contributed by atoms with Crippen molar-refractivity contribution in [2.24, 2.45) is 17.1 Å². The number of hydrogen-bond donors (Lipinski definition) is 2. The molecule has 1 amide bonds. The van der Waals surface area contributed by atoms with E-state index in [1.54, 1.807) is 0 Å². The van der Waals surface area contributed by atoms with Gasteiger partial charge in [0.2, 0.25) is 5.91 Å². The normalized spacial score (nSPS) is 31.7. The fraction of sp³-hybridized carbons (Fsp3) is 0.933. The zero-order valence-corrected chi connectivity index (χ0v) is 11.9. The van der Waals surface area contributed by atoms with Crippen LogP contribution in [0.1, 0.15) is 65.2 Å². The van der Waals surface area contributed by atoms with Gasteiger partial charge in [0.15, 0.2) is 0 Å². The lowest BCUT2D eigenvalue weighted by Crippen LogP contribution is -2.64. The average molecular weight is 252 g/mol. The van der Waals surface area contributed by atoms with E-state index in [2.05, 4.69) is 19.2 Å². The van der Waals surface area contributed by atoms with Crippen LogP contribution in [-0.2, 0) is 4.79 Å². The number of amides is 1. The highest BCUT2D eigenvalue weighted by Gasteiger charge is 2.46. The molecule has 0 aromatic rings. The number of nitrogens with one attached hydrogen (secondary N) is 1. The van der Waals surface area contributed by atoms with Crippen LogP contribution < -0.4 is 11.1 Å². The molecule has 2 saturated carbocycles. The summed E-state index contributed by atoms with van der Waals surface area (Å²) in [6, 6.07) is 0.521. The predicted octanol–water partition coefficient (Wildman–Crippen LogP) is 2.59. The smallest absolute Gasteiger partial charge is 0.220 e. The fourth-order valence-electron chi connectivity index (χ4n) is 3.28. The van der Waals surface area contributed by atoms with Crippen molar-refractivity contribution in [2.45, 2.75) is 77.3 Å². The molecule has 0 radical (unpaired) electrons. The molecule has 3 heteroatoms. The molecule has 0 spiro atoms. The fourth-order valence-corrected chi connectivity index (χ4v) is 3.28. The van der Waals surface area contributed by atoms with E-state index >= 15 is 0 Å². The summed E-state index contributed by atoms with van der Waals surface area (Å²) < 4.78 is 0. The average Bonchev–Trinajstić information content (AvgIpc) is 2.37. The first-order valence-electron chi connectivity index (χ1n) is 7.55. The van der Waals surface area contributed by atoms with Crippen molar-refractivity contribution in [2.75, 3.05) is 0 Å². The van der Waals surface area contributed by atoms with E-state index in [1.165, 1.54) is 32.1 Å². The lowest BCUT2D eigenvalue weighted by molar-refractivity contribution is -0.124. The van der Waals surface area contributed by atoms with E-state index < -0.39 is 0 Å². The van der Waals surface area contributed by atoms with Crippen LogP contribution in [0.25, 0.3) is 0 Å². The molecule has 3 N–H and O–H groups in total. The third-order valence-electron chi connectivity index (χ3n) is 5.18. The molecule has 0 aromatic heterocycles. The van der Waals surface area contributed by atoms with Crippen molar-refractivity contribution in [1.82, 2.24) is 5.32 Å². The van der Waals surface area contributed by atoms with E-state index in [4.69, 9.17) is 5.73 Å². The van der Waals surface area contributed by atoms with Gasteiger partial charge in [0, 0.05) is 23.9 Å². The van der Waals surface area contributed by atoms with Gasteiger partial charge in [-0.2, -0.15) is 0 Å². The van der Waals surface area contributed by atoms with Gasteiger partial charge in [0.1, 0.15) is 0 Å². The summed E-state index contributed by atoms with van der Waals surface area (Å²) in [6.45, 7) is 4.29. The third-order valence-corrected chi connectivity index (χ3v) is 5.18. The zero-order chi connectivity index (χ0) is 13.2. The predicted molar refractivity (Wildman–Crippen MR) is 74.1 cm³/mol. The molecule has 0 saturated heterocycles. The van der Waals surface area contributed by atoms with Crippen LogP contribution in [0.15, 0.2) is 0 Å². The lowest BCUT2D eigenvalue weighted by atomic mass is 9.63. The Labute approximate surface area is 111 Å². The number of nitrogens with two attached hydrogens (primary N) is 1. The maximum Gasteiger partial charge on any atom is 0.220 e. The molecular weight excluding hydrogens is 224 g/mol. The van der Waals surface area contributed by atoms with Crippen molar-refractivity contribution in [3.05, 3.63) is 0 Å². The van der Waals surface area contributed by atoms with E-state index in [0.29, 0.717) is 6.42 Å². The van der Waals surface area contributed by atoms with E-state index in [0.717, 1.165) is 18.8 Å². The van der Waals surface area contributed by atoms with Gasteiger partial charge in [0.25, 0.3) is 0 Å². The van der Waals surface area contributed by atoms with Gasteiger partial charge >= 0.3 is 0 Å². The second kappa shape index (κ2) is 5.60. The Morgan fingerprint density at radius 3 is 2.50 bits per heavy atom. The first-order chi connectivity index (χ1) is 8.50. The summed E-state index contributed by atoms with van der Waals surface area (Å²) >= 11 is 0. The van der Waals surface area contributed by atoms with Crippen molar-refractivity contribution in [3.63, 3.8) is 0 Å². The molecular formula is C15H28N2O. The first-order valence-corrected chi connectivity index (χ1v) is 7.55. The molecule has 2 fully saturated rings. The van der Waals surface area contributed by atoms with Gasteiger partial charge in [-0.15, -0.1) is 0 Å². The molecule has 0 heterocycles. The Morgan fingerprint density at radius 2 is 1.94 bits per heavy atom. The quantitative estimate of drug-likeness (QED) is 0.808. The Bertz CT molecular complexity index is 295. The largest absolute Gasteiger partial charge is 0.353 e. The number of rotatable bonds is 4. The number of carbonyl (C=O) groups is 1. The van der Waals surface area contributed by atoms with Crippen LogP contribution in [0.3, 0.4) is 0 Å². The highest BCUT2D eigenvalue weighted by atomic mass is 16.1. The standard InChI is InChI=1S/C15H28N2O/c1-15(2)12(16)10-13(15)17-14(18)9-8-11-6-4-3-5-7-11/h11-13H,3-10,16H2,1-2H3,(H,17,18). The lowest BCUT2D eigenvalue weighted by Gasteiger charge is -2.50. The minimum atomic E-state index is 0.0699. The molecule has 0 aliphatic heterocycles. The van der Waals surface area contributed by atoms with Crippen LogP contribution in [-0.4, -0.2) is 18.0 Å². The van der Waals surface area contributed by atoms with Crippen LogP contribution in [0, 0.1) is 11.3 Å². The maximum atomic E-state index is 11.9. The maximum absolute atomic E-state index is 11.9. The Hall–Kier alpha value is -0.570. The van der Waals surface area contributed by atoms with Crippen LogP contribution in [0.2, 0.25) is 0 Å². The van der Waals surface area contributed by atoms with Crippen molar-refractivity contribution in [3.8, 4) is 0 Å². The summed E-state index contributed by atoms with van der Waals surface area (Å²) in [5, 5.41) is 3.16. The van der Waals surface area contributed by atoms with E-state index in [1.807, 2.05) is 0 Å². The summed E-state index contributed by atoms with van der Waals surface area (Å²) in [5.41, 5.74) is 6.03. The van der Waals surface area contributed by atoms with Gasteiger partial charge in [-0.3, -0.25) is 4.79 Å². The Kier molecular flexibility index (Phi) is 4.31.